The van der Waals surface area contributed by atoms with Crippen LogP contribution in [0.5, 0.6) is 0 Å². The average molecular weight is 469 g/mol. The molecular formula is C18H24IN5O2. The highest BCUT2D eigenvalue weighted by molar-refractivity contribution is 14.0. The standard InChI is InChI=1S/C18H23N5O2.HI/c1-19-18(22(2)13-16-8-10-25-21-16)20-11-17(24)23-9-7-14-5-3-4-6-15(14)12-23;/h3-6,8,10H,7,9,11-13H2,1-2H3,(H,19,20);1H. The topological polar surface area (TPSA) is 74.0 Å². The number of fused-ring (bicyclic) bond motifs is 1. The molecule has 1 amide bonds. The first-order chi connectivity index (χ1) is 12.2. The van der Waals surface area contributed by atoms with E-state index in [0.717, 1.165) is 18.7 Å². The Hall–Kier alpha value is -2.10. The minimum Gasteiger partial charge on any atom is -0.364 e. The molecule has 1 aromatic heterocycles. The van der Waals surface area contributed by atoms with Gasteiger partial charge in [0, 0.05) is 33.3 Å². The Balaban J connectivity index is 0.00000243. The fourth-order valence-corrected chi connectivity index (χ4v) is 3.00. The molecular weight excluding hydrogens is 445 g/mol. The summed E-state index contributed by atoms with van der Waals surface area (Å²) >= 11 is 0. The molecule has 1 aromatic carbocycles. The lowest BCUT2D eigenvalue weighted by atomic mass is 10.00. The van der Waals surface area contributed by atoms with Gasteiger partial charge in [-0.05, 0) is 17.5 Å². The number of hydrogen-bond donors (Lipinski definition) is 1. The second kappa shape index (κ2) is 9.56. The van der Waals surface area contributed by atoms with Crippen molar-refractivity contribution in [1.82, 2.24) is 20.3 Å². The Morgan fingerprint density at radius 2 is 2.12 bits per heavy atom. The minimum atomic E-state index is 0. The molecule has 8 heteroatoms. The Kier molecular flexibility index (Phi) is 7.43. The maximum atomic E-state index is 12.5. The molecule has 0 atom stereocenters. The van der Waals surface area contributed by atoms with Crippen molar-refractivity contribution in [2.24, 2.45) is 4.99 Å². The molecule has 140 valence electrons. The number of aliphatic imine (C=N–C) groups is 1. The zero-order valence-corrected chi connectivity index (χ0v) is 17.3. The van der Waals surface area contributed by atoms with E-state index in [0.29, 0.717) is 19.0 Å². The van der Waals surface area contributed by atoms with Crippen molar-refractivity contribution < 1.29 is 9.32 Å². The minimum absolute atomic E-state index is 0. The summed E-state index contributed by atoms with van der Waals surface area (Å²) in [5, 5.41) is 7.02. The van der Waals surface area contributed by atoms with Gasteiger partial charge < -0.3 is 19.6 Å². The summed E-state index contributed by atoms with van der Waals surface area (Å²) in [6, 6.07) is 10.1. The van der Waals surface area contributed by atoms with Gasteiger partial charge >= 0.3 is 0 Å². The van der Waals surface area contributed by atoms with Gasteiger partial charge in [-0.15, -0.1) is 24.0 Å². The molecule has 0 saturated carbocycles. The number of rotatable bonds is 4. The Morgan fingerprint density at radius 3 is 2.81 bits per heavy atom. The number of guanidine groups is 1. The summed E-state index contributed by atoms with van der Waals surface area (Å²) in [5.41, 5.74) is 3.38. The van der Waals surface area contributed by atoms with Gasteiger partial charge in [-0.2, -0.15) is 0 Å². The number of nitrogens with one attached hydrogen (secondary N) is 1. The van der Waals surface area contributed by atoms with Gasteiger partial charge in [0.2, 0.25) is 5.91 Å². The molecule has 7 nitrogen and oxygen atoms in total. The molecule has 0 saturated heterocycles. The molecule has 0 aliphatic carbocycles. The summed E-state index contributed by atoms with van der Waals surface area (Å²) in [4.78, 5) is 20.5. The van der Waals surface area contributed by atoms with Crippen LogP contribution in [0.2, 0.25) is 0 Å². The van der Waals surface area contributed by atoms with E-state index in [1.165, 1.54) is 17.4 Å². The van der Waals surface area contributed by atoms with Crippen molar-refractivity contribution in [2.75, 3.05) is 27.2 Å². The Labute approximate surface area is 170 Å². The van der Waals surface area contributed by atoms with Gasteiger partial charge in [0.15, 0.2) is 5.96 Å². The largest absolute Gasteiger partial charge is 0.364 e. The highest BCUT2D eigenvalue weighted by atomic mass is 127. The summed E-state index contributed by atoms with van der Waals surface area (Å²) in [6.07, 6.45) is 2.44. The van der Waals surface area contributed by atoms with Crippen molar-refractivity contribution in [2.45, 2.75) is 19.5 Å². The maximum Gasteiger partial charge on any atom is 0.242 e. The van der Waals surface area contributed by atoms with Gasteiger partial charge in [0.05, 0.1) is 13.1 Å². The van der Waals surface area contributed by atoms with Crippen LogP contribution in [0.15, 0.2) is 46.1 Å². The fraction of sp³-hybridized carbons (Fsp3) is 0.389. The monoisotopic (exact) mass is 469 g/mol. The first kappa shape index (κ1) is 20.2. The van der Waals surface area contributed by atoms with E-state index in [4.69, 9.17) is 4.52 Å². The number of hydrogen-bond acceptors (Lipinski definition) is 4. The lowest BCUT2D eigenvalue weighted by molar-refractivity contribution is -0.130. The van der Waals surface area contributed by atoms with Crippen molar-refractivity contribution in [3.05, 3.63) is 53.4 Å². The van der Waals surface area contributed by atoms with Crippen molar-refractivity contribution in [3.8, 4) is 0 Å². The predicted molar refractivity (Wildman–Crippen MR) is 110 cm³/mol. The number of carbonyl (C=O) groups excluding carboxylic acids is 1. The summed E-state index contributed by atoms with van der Waals surface area (Å²) in [7, 11) is 3.59. The Bertz CT molecular complexity index is 748. The first-order valence-corrected chi connectivity index (χ1v) is 8.33. The third-order valence-electron chi connectivity index (χ3n) is 4.34. The molecule has 2 aromatic rings. The third kappa shape index (κ3) is 4.96. The van der Waals surface area contributed by atoms with Crippen LogP contribution < -0.4 is 5.32 Å². The normalized spacial score (nSPS) is 13.6. The second-order valence-electron chi connectivity index (χ2n) is 6.08. The lowest BCUT2D eigenvalue weighted by Gasteiger charge is -2.29. The summed E-state index contributed by atoms with van der Waals surface area (Å²) in [6.45, 7) is 2.20. The maximum absolute atomic E-state index is 12.5. The number of halogens is 1. The third-order valence-corrected chi connectivity index (χ3v) is 4.34. The van der Waals surface area contributed by atoms with Crippen LogP contribution in [-0.4, -0.2) is 54.0 Å². The number of nitrogens with zero attached hydrogens (tertiary/aromatic N) is 4. The lowest BCUT2D eigenvalue weighted by Crippen LogP contribution is -2.46. The molecule has 1 aliphatic heterocycles. The molecule has 26 heavy (non-hydrogen) atoms. The van der Waals surface area contributed by atoms with Crippen LogP contribution in [-0.2, 0) is 24.3 Å². The van der Waals surface area contributed by atoms with E-state index in [2.05, 4.69) is 27.6 Å². The van der Waals surface area contributed by atoms with Crippen LogP contribution in [0.25, 0.3) is 0 Å². The zero-order valence-electron chi connectivity index (χ0n) is 15.0. The number of amides is 1. The van der Waals surface area contributed by atoms with E-state index >= 15 is 0 Å². The number of benzene rings is 1. The highest BCUT2D eigenvalue weighted by Gasteiger charge is 2.20. The van der Waals surface area contributed by atoms with E-state index in [1.807, 2.05) is 29.0 Å². The van der Waals surface area contributed by atoms with Crippen LogP contribution >= 0.6 is 24.0 Å². The molecule has 2 heterocycles. The van der Waals surface area contributed by atoms with E-state index in [9.17, 15) is 4.79 Å². The Morgan fingerprint density at radius 1 is 1.35 bits per heavy atom. The summed E-state index contributed by atoms with van der Waals surface area (Å²) < 4.78 is 4.84. The van der Waals surface area contributed by atoms with Gasteiger partial charge in [-0.1, -0.05) is 29.4 Å². The first-order valence-electron chi connectivity index (χ1n) is 8.33. The molecule has 0 spiro atoms. The van der Waals surface area contributed by atoms with Gasteiger partial charge in [-0.25, -0.2) is 0 Å². The smallest absolute Gasteiger partial charge is 0.242 e. The average Bonchev–Trinajstić information content (AvgIpc) is 3.14. The molecule has 3 rings (SSSR count). The molecule has 0 radical (unpaired) electrons. The van der Waals surface area contributed by atoms with Crippen LogP contribution in [0.1, 0.15) is 16.8 Å². The van der Waals surface area contributed by atoms with Crippen LogP contribution in [0.4, 0.5) is 0 Å². The molecule has 0 unspecified atom stereocenters. The number of carbonyl (C=O) groups is 1. The summed E-state index contributed by atoms with van der Waals surface area (Å²) in [5.74, 6) is 0.722. The van der Waals surface area contributed by atoms with Crippen molar-refractivity contribution in [3.63, 3.8) is 0 Å². The van der Waals surface area contributed by atoms with Gasteiger partial charge in [0.1, 0.15) is 12.0 Å². The van der Waals surface area contributed by atoms with E-state index < -0.39 is 0 Å². The predicted octanol–water partition coefficient (Wildman–Crippen LogP) is 1.88. The van der Waals surface area contributed by atoms with Crippen molar-refractivity contribution >= 4 is 35.8 Å². The van der Waals surface area contributed by atoms with Crippen molar-refractivity contribution in [1.29, 1.82) is 0 Å². The highest BCUT2D eigenvalue weighted by Crippen LogP contribution is 2.18. The van der Waals surface area contributed by atoms with E-state index in [1.54, 1.807) is 13.1 Å². The second-order valence-corrected chi connectivity index (χ2v) is 6.08. The quantitative estimate of drug-likeness (QED) is 0.421. The molecule has 0 bridgehead atoms. The van der Waals surface area contributed by atoms with Crippen LogP contribution in [0.3, 0.4) is 0 Å². The molecule has 1 aliphatic rings. The fourth-order valence-electron chi connectivity index (χ4n) is 3.00. The molecule has 1 N–H and O–H groups in total. The van der Waals surface area contributed by atoms with E-state index in [-0.39, 0.29) is 36.4 Å². The van der Waals surface area contributed by atoms with Gasteiger partial charge in [0.25, 0.3) is 0 Å². The van der Waals surface area contributed by atoms with Crippen LogP contribution in [0, 0.1) is 0 Å². The SMILES string of the molecule is CN=C(NCC(=O)N1CCc2ccccc2C1)N(C)Cc1ccon1.I. The molecule has 0 fully saturated rings. The zero-order chi connectivity index (χ0) is 17.6. The van der Waals surface area contributed by atoms with Gasteiger partial charge in [-0.3, -0.25) is 9.79 Å². The number of aromatic nitrogens is 1.